The minimum absolute atomic E-state index is 0.148. The number of fused-ring (bicyclic) bond motifs is 1. The molecule has 3 N–H and O–H groups in total. The second-order valence-corrected chi connectivity index (χ2v) is 9.01. The summed E-state index contributed by atoms with van der Waals surface area (Å²) in [5, 5.41) is 30.4. The van der Waals surface area contributed by atoms with E-state index in [2.05, 4.69) is 12.7 Å². The number of benzene rings is 3. The van der Waals surface area contributed by atoms with Crippen LogP contribution in [0.2, 0.25) is 0 Å². The van der Waals surface area contributed by atoms with Gasteiger partial charge in [-0.2, -0.15) is 0 Å². The lowest BCUT2D eigenvalue weighted by atomic mass is 9.90. The van der Waals surface area contributed by atoms with Crippen LogP contribution < -0.4 is 0 Å². The summed E-state index contributed by atoms with van der Waals surface area (Å²) in [4.78, 5) is 14.4. The van der Waals surface area contributed by atoms with Crippen molar-refractivity contribution in [3.63, 3.8) is 0 Å². The van der Waals surface area contributed by atoms with Crippen LogP contribution in [0.5, 0.6) is 11.5 Å². The molecule has 1 atom stereocenters. The molecule has 5 rings (SSSR count). The molecule has 5 heteroatoms. The number of carbonyl (C=O) groups excluding carboxylic acids is 1. The molecule has 1 heterocycles. The molecule has 176 valence electrons. The van der Waals surface area contributed by atoms with E-state index < -0.39 is 6.23 Å². The number of hydrogen-bond donors (Lipinski definition) is 3. The molecule has 0 spiro atoms. The normalized spacial score (nSPS) is 17.6. The van der Waals surface area contributed by atoms with Crippen molar-refractivity contribution in [3.05, 3.63) is 124 Å². The second kappa shape index (κ2) is 9.28. The molecule has 0 saturated heterocycles. The molecule has 1 aliphatic carbocycles. The molecule has 0 radical (unpaired) electrons. The molecule has 1 saturated carbocycles. The fourth-order valence-corrected chi connectivity index (χ4v) is 4.63. The highest BCUT2D eigenvalue weighted by atomic mass is 16.3. The largest absolute Gasteiger partial charge is 0.508 e. The number of carbonyl (C=O) groups is 1. The molecule has 2 aliphatic rings. The summed E-state index contributed by atoms with van der Waals surface area (Å²) in [7, 11) is 0. The van der Waals surface area contributed by atoms with Crippen LogP contribution in [-0.2, 0) is 0 Å². The van der Waals surface area contributed by atoms with Crippen molar-refractivity contribution in [2.75, 3.05) is 6.54 Å². The van der Waals surface area contributed by atoms with Gasteiger partial charge >= 0.3 is 0 Å². The Morgan fingerprint density at radius 1 is 0.943 bits per heavy atom. The Morgan fingerprint density at radius 2 is 1.51 bits per heavy atom. The van der Waals surface area contributed by atoms with Crippen LogP contribution in [0.15, 0.2) is 102 Å². The number of aliphatic hydroxyl groups excluding tert-OH is 1. The topological polar surface area (TPSA) is 81.0 Å². The summed E-state index contributed by atoms with van der Waals surface area (Å²) in [6, 6.07) is 21.3. The summed E-state index contributed by atoms with van der Waals surface area (Å²) in [5.41, 5.74) is 7.47. The van der Waals surface area contributed by atoms with Crippen molar-refractivity contribution >= 4 is 11.5 Å². The van der Waals surface area contributed by atoms with E-state index in [9.17, 15) is 20.1 Å². The number of amides is 1. The van der Waals surface area contributed by atoms with E-state index in [-0.39, 0.29) is 17.4 Å². The van der Waals surface area contributed by atoms with Gasteiger partial charge in [0.25, 0.3) is 5.91 Å². The molecule has 35 heavy (non-hydrogen) atoms. The molecular formula is C30H27NO4. The fourth-order valence-electron chi connectivity index (χ4n) is 4.63. The Balaban J connectivity index is 1.48. The fraction of sp³-hybridized carbons (Fsp3) is 0.167. The van der Waals surface area contributed by atoms with Gasteiger partial charge in [0.1, 0.15) is 11.5 Å². The third-order valence-corrected chi connectivity index (χ3v) is 6.59. The number of allylic oxidation sites excluding steroid dienone is 4. The zero-order chi connectivity index (χ0) is 24.5. The standard InChI is InChI=1S/C30H27NO4/c1-19-17-23(19)18-22(5-4-16-31-29(34)26-6-2-3-7-27(26)30(31)35)28(20-8-12-24(32)13-9-20)21-10-14-25(33)15-11-21/h2-3,6-15,18,29,32-34H,1,4-5,16-17H2/b23-18-. The van der Waals surface area contributed by atoms with Gasteiger partial charge in [-0.05, 0) is 83.0 Å². The third kappa shape index (κ3) is 4.63. The van der Waals surface area contributed by atoms with E-state index in [1.54, 1.807) is 36.4 Å². The first kappa shape index (κ1) is 22.7. The lowest BCUT2D eigenvalue weighted by Gasteiger charge is -2.21. The Morgan fingerprint density at radius 3 is 2.06 bits per heavy atom. The van der Waals surface area contributed by atoms with Crippen molar-refractivity contribution in [3.8, 4) is 11.5 Å². The molecular weight excluding hydrogens is 438 g/mol. The third-order valence-electron chi connectivity index (χ3n) is 6.59. The first-order valence-electron chi connectivity index (χ1n) is 11.7. The summed E-state index contributed by atoms with van der Waals surface area (Å²) in [6.07, 6.45) is 3.43. The second-order valence-electron chi connectivity index (χ2n) is 9.01. The van der Waals surface area contributed by atoms with Crippen molar-refractivity contribution in [1.29, 1.82) is 0 Å². The molecule has 1 aliphatic heterocycles. The van der Waals surface area contributed by atoms with Crippen LogP contribution in [0.3, 0.4) is 0 Å². The zero-order valence-electron chi connectivity index (χ0n) is 19.3. The first-order chi connectivity index (χ1) is 16.9. The molecule has 0 aromatic heterocycles. The molecule has 1 amide bonds. The van der Waals surface area contributed by atoms with Crippen LogP contribution in [0.4, 0.5) is 0 Å². The van der Waals surface area contributed by atoms with Gasteiger partial charge in [0.2, 0.25) is 0 Å². The highest BCUT2D eigenvalue weighted by Crippen LogP contribution is 2.40. The maximum Gasteiger partial charge on any atom is 0.256 e. The number of aromatic hydroxyl groups is 2. The van der Waals surface area contributed by atoms with Crippen molar-refractivity contribution in [2.45, 2.75) is 25.5 Å². The molecule has 5 nitrogen and oxygen atoms in total. The molecule has 1 fully saturated rings. The molecule has 3 aromatic rings. The quantitative estimate of drug-likeness (QED) is 0.417. The van der Waals surface area contributed by atoms with Crippen LogP contribution in [-0.4, -0.2) is 32.7 Å². The number of hydrogen-bond acceptors (Lipinski definition) is 4. The average molecular weight is 466 g/mol. The van der Waals surface area contributed by atoms with E-state index >= 15 is 0 Å². The number of rotatable bonds is 7. The minimum atomic E-state index is -0.929. The van der Waals surface area contributed by atoms with Gasteiger partial charge in [0.05, 0.1) is 0 Å². The average Bonchev–Trinajstić information content (AvgIpc) is 3.51. The van der Waals surface area contributed by atoms with Gasteiger partial charge in [-0.25, -0.2) is 0 Å². The van der Waals surface area contributed by atoms with Crippen molar-refractivity contribution in [2.24, 2.45) is 0 Å². The van der Waals surface area contributed by atoms with Gasteiger partial charge in [-0.3, -0.25) is 4.79 Å². The summed E-state index contributed by atoms with van der Waals surface area (Å²) in [6.45, 7) is 4.49. The minimum Gasteiger partial charge on any atom is -0.508 e. The SMILES string of the molecule is C=C1C/C1=C/C(CCCN1C(=O)c2ccccc2C1O)=C(c1ccc(O)cc1)c1ccc(O)cc1. The maximum absolute atomic E-state index is 12.8. The van der Waals surface area contributed by atoms with Gasteiger partial charge < -0.3 is 20.2 Å². The highest BCUT2D eigenvalue weighted by Gasteiger charge is 2.34. The van der Waals surface area contributed by atoms with Crippen LogP contribution >= 0.6 is 0 Å². The summed E-state index contributed by atoms with van der Waals surface area (Å²) >= 11 is 0. The van der Waals surface area contributed by atoms with E-state index in [0.717, 1.165) is 34.3 Å². The number of nitrogens with zero attached hydrogens (tertiary/aromatic N) is 1. The Kier molecular flexibility index (Phi) is 6.01. The summed E-state index contributed by atoms with van der Waals surface area (Å²) < 4.78 is 0. The van der Waals surface area contributed by atoms with Crippen molar-refractivity contribution in [1.82, 2.24) is 4.90 Å². The number of phenols is 2. The van der Waals surface area contributed by atoms with E-state index in [0.29, 0.717) is 30.5 Å². The number of aliphatic hydroxyl groups is 1. The van der Waals surface area contributed by atoms with Crippen LogP contribution in [0.25, 0.3) is 5.57 Å². The van der Waals surface area contributed by atoms with Gasteiger partial charge in [-0.1, -0.05) is 55.1 Å². The van der Waals surface area contributed by atoms with Crippen LogP contribution in [0, 0.1) is 0 Å². The van der Waals surface area contributed by atoms with Gasteiger partial charge in [-0.15, -0.1) is 0 Å². The van der Waals surface area contributed by atoms with Crippen LogP contribution in [0.1, 0.15) is 52.5 Å². The van der Waals surface area contributed by atoms with Crippen molar-refractivity contribution < 1.29 is 20.1 Å². The maximum atomic E-state index is 12.8. The predicted octanol–water partition coefficient (Wildman–Crippen LogP) is 5.71. The monoisotopic (exact) mass is 465 g/mol. The molecule has 0 bridgehead atoms. The van der Waals surface area contributed by atoms with Gasteiger partial charge in [0.15, 0.2) is 6.23 Å². The van der Waals surface area contributed by atoms with E-state index in [1.807, 2.05) is 36.4 Å². The Hall–Kier alpha value is -4.09. The lowest BCUT2D eigenvalue weighted by Crippen LogP contribution is -2.29. The first-order valence-corrected chi connectivity index (χ1v) is 11.7. The predicted molar refractivity (Wildman–Crippen MR) is 136 cm³/mol. The van der Waals surface area contributed by atoms with E-state index in [4.69, 9.17) is 0 Å². The highest BCUT2D eigenvalue weighted by molar-refractivity contribution is 5.98. The molecule has 1 unspecified atom stereocenters. The Labute approximate surface area is 204 Å². The van der Waals surface area contributed by atoms with Gasteiger partial charge in [0, 0.05) is 17.7 Å². The Bertz CT molecular complexity index is 1300. The zero-order valence-corrected chi connectivity index (χ0v) is 19.3. The smallest absolute Gasteiger partial charge is 0.256 e. The molecule has 3 aromatic carbocycles. The number of phenolic OH excluding ortho intramolecular Hbond substituents is 2. The van der Waals surface area contributed by atoms with E-state index in [1.165, 1.54) is 10.5 Å². The summed E-state index contributed by atoms with van der Waals surface area (Å²) in [5.74, 6) is 0.232. The lowest BCUT2D eigenvalue weighted by molar-refractivity contribution is 0.0173.